The predicted molar refractivity (Wildman–Crippen MR) is 74.8 cm³/mol. The van der Waals surface area contributed by atoms with Crippen LogP contribution in [0.2, 0.25) is 0 Å². The Morgan fingerprint density at radius 3 is 1.92 bits per heavy atom. The predicted octanol–water partition coefficient (Wildman–Crippen LogP) is 3.70. The molecule has 1 aromatic carbocycles. The third kappa shape index (κ3) is 5.55. The fourth-order valence-electron chi connectivity index (χ4n) is 1.47. The standard InChI is InChI=1S/C13H12F6N2O2S/c1-8-3-5-10(6-4-8)24(22,23)21-20-9(2)7-11(12(14,15)16)13(17,18)19/h3-7,21H,1-2H3/b20-9-. The van der Waals surface area contributed by atoms with Crippen molar-refractivity contribution in [2.75, 3.05) is 0 Å². The maximum atomic E-state index is 12.4. The van der Waals surface area contributed by atoms with Crippen LogP contribution in [-0.2, 0) is 10.0 Å². The van der Waals surface area contributed by atoms with Gasteiger partial charge in [0, 0.05) is 0 Å². The number of hydrazone groups is 1. The van der Waals surface area contributed by atoms with Crippen LogP contribution in [0.5, 0.6) is 0 Å². The number of nitrogens with zero attached hydrogens (tertiary/aromatic N) is 1. The molecule has 0 aliphatic carbocycles. The Balaban J connectivity index is 3.08. The topological polar surface area (TPSA) is 58.5 Å². The summed E-state index contributed by atoms with van der Waals surface area (Å²) >= 11 is 0. The van der Waals surface area contributed by atoms with E-state index < -0.39 is 33.7 Å². The van der Waals surface area contributed by atoms with Crippen LogP contribution in [0.25, 0.3) is 0 Å². The van der Waals surface area contributed by atoms with Gasteiger partial charge in [-0.05, 0) is 32.1 Å². The van der Waals surface area contributed by atoms with Gasteiger partial charge in [-0.25, -0.2) is 0 Å². The second kappa shape index (κ2) is 6.83. The molecule has 1 aromatic rings. The molecule has 24 heavy (non-hydrogen) atoms. The van der Waals surface area contributed by atoms with Crippen LogP contribution in [-0.4, -0.2) is 26.5 Å². The third-order valence-electron chi connectivity index (χ3n) is 2.64. The molecule has 0 aromatic heterocycles. The van der Waals surface area contributed by atoms with Crippen LogP contribution in [0.3, 0.4) is 0 Å². The van der Waals surface area contributed by atoms with Crippen LogP contribution in [0, 0.1) is 6.92 Å². The third-order valence-corrected chi connectivity index (χ3v) is 3.86. The van der Waals surface area contributed by atoms with Crippen LogP contribution in [0.4, 0.5) is 26.3 Å². The lowest BCUT2D eigenvalue weighted by Crippen LogP contribution is -2.27. The first kappa shape index (κ1) is 20.0. The summed E-state index contributed by atoms with van der Waals surface area (Å²) in [6.07, 6.45) is -11.6. The number of benzene rings is 1. The fourth-order valence-corrected chi connectivity index (χ4v) is 2.33. The summed E-state index contributed by atoms with van der Waals surface area (Å²) in [7, 11) is -4.21. The molecular formula is C13H12F6N2O2S. The molecule has 1 rings (SSSR count). The minimum Gasteiger partial charge on any atom is -0.200 e. The lowest BCUT2D eigenvalue weighted by molar-refractivity contribution is -0.171. The highest BCUT2D eigenvalue weighted by Crippen LogP contribution is 2.38. The molecule has 0 atom stereocenters. The van der Waals surface area contributed by atoms with Gasteiger partial charge in [0.05, 0.1) is 10.6 Å². The van der Waals surface area contributed by atoms with Crippen molar-refractivity contribution in [2.45, 2.75) is 31.1 Å². The van der Waals surface area contributed by atoms with Gasteiger partial charge in [-0.15, -0.1) is 0 Å². The monoisotopic (exact) mass is 374 g/mol. The molecule has 0 saturated heterocycles. The Hall–Kier alpha value is -2.04. The summed E-state index contributed by atoms with van der Waals surface area (Å²) in [5.41, 5.74) is -2.84. The zero-order chi connectivity index (χ0) is 18.8. The first-order valence-corrected chi connectivity index (χ1v) is 7.70. The summed E-state index contributed by atoms with van der Waals surface area (Å²) in [4.78, 5) is 1.35. The highest BCUT2D eigenvalue weighted by molar-refractivity contribution is 7.89. The second-order valence-electron chi connectivity index (χ2n) is 4.71. The summed E-state index contributed by atoms with van der Waals surface area (Å²) in [5.74, 6) is 0. The fraction of sp³-hybridized carbons (Fsp3) is 0.308. The van der Waals surface area contributed by atoms with Gasteiger partial charge in [-0.2, -0.15) is 44.7 Å². The molecule has 4 nitrogen and oxygen atoms in total. The Morgan fingerprint density at radius 2 is 1.50 bits per heavy atom. The maximum Gasteiger partial charge on any atom is 0.421 e. The molecule has 1 N–H and O–H groups in total. The number of hydrogen-bond donors (Lipinski definition) is 1. The number of rotatable bonds is 4. The summed E-state index contributed by atoms with van der Waals surface area (Å²) in [5, 5.41) is 3.06. The Kier molecular flexibility index (Phi) is 5.70. The van der Waals surface area contributed by atoms with E-state index in [1.807, 2.05) is 0 Å². The minimum absolute atomic E-state index is 0.236. The molecule has 0 spiro atoms. The Labute approximate surface area is 133 Å². The molecule has 0 saturated carbocycles. The molecule has 11 heteroatoms. The van der Waals surface area contributed by atoms with Gasteiger partial charge in [0.1, 0.15) is 5.57 Å². The van der Waals surface area contributed by atoms with Crippen molar-refractivity contribution in [3.8, 4) is 0 Å². The quantitative estimate of drug-likeness (QED) is 0.496. The van der Waals surface area contributed by atoms with Crippen LogP contribution in [0.15, 0.2) is 45.9 Å². The van der Waals surface area contributed by atoms with E-state index in [2.05, 4.69) is 5.10 Å². The Morgan fingerprint density at radius 1 is 1.04 bits per heavy atom. The maximum absolute atomic E-state index is 12.4. The minimum atomic E-state index is -5.65. The molecule has 134 valence electrons. The van der Waals surface area contributed by atoms with Gasteiger partial charge in [-0.3, -0.25) is 0 Å². The number of aryl methyl sites for hydroxylation is 1. The number of allylic oxidation sites excluding steroid dienone is 2. The molecule has 0 fully saturated rings. The molecular weight excluding hydrogens is 362 g/mol. The van der Waals surface area contributed by atoms with Crippen molar-refractivity contribution < 1.29 is 34.8 Å². The number of sulfonamides is 1. The molecule has 0 heterocycles. The van der Waals surface area contributed by atoms with E-state index in [4.69, 9.17) is 0 Å². The zero-order valence-electron chi connectivity index (χ0n) is 12.3. The lowest BCUT2D eigenvalue weighted by Gasteiger charge is -2.14. The van der Waals surface area contributed by atoms with Gasteiger partial charge < -0.3 is 0 Å². The summed E-state index contributed by atoms with van der Waals surface area (Å²) in [6.45, 7) is 2.50. The SMILES string of the molecule is C/C(C=C(C(F)(F)F)C(F)(F)F)=N/NS(=O)(=O)c1ccc(C)cc1. The average Bonchev–Trinajstić information content (AvgIpc) is 2.40. The number of nitrogens with one attached hydrogen (secondary N) is 1. The van der Waals surface area contributed by atoms with E-state index >= 15 is 0 Å². The van der Waals surface area contributed by atoms with Gasteiger partial charge in [-0.1, -0.05) is 17.7 Å². The number of hydrogen-bond acceptors (Lipinski definition) is 3. The highest BCUT2D eigenvalue weighted by atomic mass is 32.2. The normalized spacial score (nSPS) is 13.6. The van der Waals surface area contributed by atoms with Crippen LogP contribution >= 0.6 is 0 Å². The van der Waals surface area contributed by atoms with Crippen molar-refractivity contribution in [1.29, 1.82) is 0 Å². The van der Waals surface area contributed by atoms with E-state index in [9.17, 15) is 34.8 Å². The van der Waals surface area contributed by atoms with E-state index in [1.165, 1.54) is 24.3 Å². The lowest BCUT2D eigenvalue weighted by atomic mass is 10.2. The van der Waals surface area contributed by atoms with Crippen molar-refractivity contribution in [1.82, 2.24) is 4.83 Å². The smallest absolute Gasteiger partial charge is 0.200 e. The zero-order valence-corrected chi connectivity index (χ0v) is 13.1. The van der Waals surface area contributed by atoms with Crippen molar-refractivity contribution >= 4 is 15.7 Å². The van der Waals surface area contributed by atoms with Gasteiger partial charge in [0.25, 0.3) is 10.0 Å². The van der Waals surface area contributed by atoms with Crippen molar-refractivity contribution in [3.63, 3.8) is 0 Å². The first-order chi connectivity index (χ1) is 10.7. The van der Waals surface area contributed by atoms with Gasteiger partial charge in [0.2, 0.25) is 0 Å². The average molecular weight is 374 g/mol. The van der Waals surface area contributed by atoms with E-state index in [1.54, 1.807) is 11.8 Å². The van der Waals surface area contributed by atoms with Crippen LogP contribution in [0.1, 0.15) is 12.5 Å². The molecule has 0 bridgehead atoms. The molecule has 0 unspecified atom stereocenters. The molecule has 0 radical (unpaired) electrons. The van der Waals surface area contributed by atoms with Gasteiger partial charge in [0.15, 0.2) is 0 Å². The first-order valence-electron chi connectivity index (χ1n) is 6.22. The van der Waals surface area contributed by atoms with E-state index in [0.29, 0.717) is 0 Å². The molecule has 0 amide bonds. The van der Waals surface area contributed by atoms with Gasteiger partial charge >= 0.3 is 12.4 Å². The summed E-state index contributed by atoms with van der Waals surface area (Å²) < 4.78 is 97.9. The molecule has 0 aliphatic rings. The second-order valence-corrected chi connectivity index (χ2v) is 6.38. The highest BCUT2D eigenvalue weighted by Gasteiger charge is 2.50. The summed E-state index contributed by atoms with van der Waals surface area (Å²) in [6, 6.07) is 5.37. The van der Waals surface area contributed by atoms with E-state index in [0.717, 1.165) is 12.5 Å². The van der Waals surface area contributed by atoms with E-state index in [-0.39, 0.29) is 11.0 Å². The Bertz CT molecular complexity index is 730. The van der Waals surface area contributed by atoms with Crippen molar-refractivity contribution in [2.24, 2.45) is 5.10 Å². The van der Waals surface area contributed by atoms with Crippen molar-refractivity contribution in [3.05, 3.63) is 41.5 Å². The largest absolute Gasteiger partial charge is 0.421 e. The number of halogens is 6. The number of alkyl halides is 6. The molecule has 0 aliphatic heterocycles. The van der Waals surface area contributed by atoms with Crippen LogP contribution < -0.4 is 4.83 Å².